The van der Waals surface area contributed by atoms with E-state index < -0.39 is 0 Å². The van der Waals surface area contributed by atoms with E-state index in [1.807, 2.05) is 6.07 Å². The second-order valence-corrected chi connectivity index (χ2v) is 6.19. The molecular weight excluding hydrogens is 318 g/mol. The molecule has 1 aliphatic heterocycles. The highest BCUT2D eigenvalue weighted by molar-refractivity contribution is 9.10. The Morgan fingerprint density at radius 2 is 1.85 bits per heavy atom. The number of hydrogen-bond acceptors (Lipinski definition) is 3. The summed E-state index contributed by atoms with van der Waals surface area (Å²) >= 11 is 3.69. The van der Waals surface area contributed by atoms with Crippen LogP contribution in [0.25, 0.3) is 0 Å². The molecule has 0 aliphatic carbocycles. The molecule has 0 amide bonds. The molecule has 1 heterocycles. The van der Waals surface area contributed by atoms with Crippen LogP contribution in [0.4, 0.5) is 0 Å². The summed E-state index contributed by atoms with van der Waals surface area (Å²) in [5.74, 6) is 2.27. The molecule has 1 aromatic carbocycles. The third-order valence-corrected chi connectivity index (χ3v) is 4.51. The molecule has 1 N–H and O–H groups in total. The van der Waals surface area contributed by atoms with Gasteiger partial charge in [-0.05, 0) is 36.6 Å². The van der Waals surface area contributed by atoms with Crippen molar-refractivity contribution in [1.29, 1.82) is 0 Å². The third kappa shape index (κ3) is 3.47. The van der Waals surface area contributed by atoms with Crippen LogP contribution in [0.2, 0.25) is 0 Å². The maximum atomic E-state index is 5.71. The Morgan fingerprint density at radius 1 is 1.20 bits per heavy atom. The summed E-state index contributed by atoms with van der Waals surface area (Å²) in [6.45, 7) is 9.00. The number of halogens is 1. The lowest BCUT2D eigenvalue weighted by Gasteiger charge is -2.28. The SMILES string of the molecule is CCCNC(c1cc2c(cc1Br)OCCO2)C(C)CC. The first-order chi connectivity index (χ1) is 9.67. The van der Waals surface area contributed by atoms with Crippen molar-refractivity contribution < 1.29 is 9.47 Å². The van der Waals surface area contributed by atoms with Crippen molar-refractivity contribution in [2.45, 2.75) is 39.7 Å². The number of hydrogen-bond donors (Lipinski definition) is 1. The number of benzene rings is 1. The van der Waals surface area contributed by atoms with E-state index in [-0.39, 0.29) is 0 Å². The van der Waals surface area contributed by atoms with Gasteiger partial charge in [0.05, 0.1) is 0 Å². The maximum Gasteiger partial charge on any atom is 0.162 e. The summed E-state index contributed by atoms with van der Waals surface area (Å²) in [5, 5.41) is 3.66. The minimum Gasteiger partial charge on any atom is -0.486 e. The van der Waals surface area contributed by atoms with Crippen LogP contribution in [-0.2, 0) is 0 Å². The molecule has 2 rings (SSSR count). The van der Waals surface area contributed by atoms with Crippen molar-refractivity contribution in [3.63, 3.8) is 0 Å². The van der Waals surface area contributed by atoms with Gasteiger partial charge in [-0.25, -0.2) is 0 Å². The van der Waals surface area contributed by atoms with E-state index >= 15 is 0 Å². The molecule has 2 atom stereocenters. The van der Waals surface area contributed by atoms with Crippen molar-refractivity contribution in [2.24, 2.45) is 5.92 Å². The Morgan fingerprint density at radius 3 is 2.45 bits per heavy atom. The van der Waals surface area contributed by atoms with Crippen LogP contribution in [0.5, 0.6) is 11.5 Å². The molecule has 1 aromatic rings. The third-order valence-electron chi connectivity index (χ3n) is 3.82. The minimum absolute atomic E-state index is 0.338. The van der Waals surface area contributed by atoms with Crippen molar-refractivity contribution in [2.75, 3.05) is 19.8 Å². The van der Waals surface area contributed by atoms with Crippen LogP contribution >= 0.6 is 15.9 Å². The predicted octanol–water partition coefficient (Wildman–Crippen LogP) is 4.31. The lowest BCUT2D eigenvalue weighted by atomic mass is 9.92. The first kappa shape index (κ1) is 15.6. The first-order valence-corrected chi connectivity index (χ1v) is 8.29. The average molecular weight is 342 g/mol. The molecule has 0 bridgehead atoms. The van der Waals surface area contributed by atoms with Crippen LogP contribution < -0.4 is 14.8 Å². The highest BCUT2D eigenvalue weighted by Crippen LogP contribution is 2.40. The summed E-state index contributed by atoms with van der Waals surface area (Å²) < 4.78 is 12.4. The predicted molar refractivity (Wildman–Crippen MR) is 85.6 cm³/mol. The summed E-state index contributed by atoms with van der Waals surface area (Å²) in [6.07, 6.45) is 2.28. The topological polar surface area (TPSA) is 30.5 Å². The summed E-state index contributed by atoms with van der Waals surface area (Å²) in [7, 11) is 0. The monoisotopic (exact) mass is 341 g/mol. The highest BCUT2D eigenvalue weighted by atomic mass is 79.9. The van der Waals surface area contributed by atoms with Crippen LogP contribution in [-0.4, -0.2) is 19.8 Å². The molecule has 1 aliphatic rings. The molecule has 0 spiro atoms. The van der Waals surface area contributed by atoms with Gasteiger partial charge in [-0.15, -0.1) is 0 Å². The minimum atomic E-state index is 0.338. The molecule has 0 fully saturated rings. The molecule has 0 saturated carbocycles. The standard InChI is InChI=1S/C16H24BrNO2/c1-4-6-18-16(11(3)5-2)12-9-14-15(10-13(12)17)20-8-7-19-14/h9-11,16,18H,4-8H2,1-3H3. The van der Waals surface area contributed by atoms with E-state index in [1.165, 1.54) is 5.56 Å². The fourth-order valence-electron chi connectivity index (χ4n) is 2.47. The van der Waals surface area contributed by atoms with Gasteiger partial charge >= 0.3 is 0 Å². The zero-order valence-corrected chi connectivity index (χ0v) is 14.1. The maximum absolute atomic E-state index is 5.71. The van der Waals surface area contributed by atoms with E-state index in [2.05, 4.69) is 48.1 Å². The van der Waals surface area contributed by atoms with E-state index in [4.69, 9.17) is 9.47 Å². The number of ether oxygens (including phenoxy) is 2. The fourth-order valence-corrected chi connectivity index (χ4v) is 3.04. The largest absolute Gasteiger partial charge is 0.486 e. The van der Waals surface area contributed by atoms with Crippen LogP contribution in [0.15, 0.2) is 16.6 Å². The normalized spacial score (nSPS) is 16.8. The zero-order valence-electron chi connectivity index (χ0n) is 12.5. The molecule has 3 nitrogen and oxygen atoms in total. The Balaban J connectivity index is 2.31. The van der Waals surface area contributed by atoms with E-state index in [0.29, 0.717) is 25.2 Å². The van der Waals surface area contributed by atoms with E-state index in [9.17, 15) is 0 Å². The van der Waals surface area contributed by atoms with Gasteiger partial charge in [-0.2, -0.15) is 0 Å². The smallest absolute Gasteiger partial charge is 0.162 e. The van der Waals surface area contributed by atoms with Crippen LogP contribution in [0.3, 0.4) is 0 Å². The molecule has 0 aromatic heterocycles. The van der Waals surface area contributed by atoms with Gasteiger partial charge in [0.2, 0.25) is 0 Å². The van der Waals surface area contributed by atoms with Gasteiger partial charge in [-0.3, -0.25) is 0 Å². The first-order valence-electron chi connectivity index (χ1n) is 7.49. The van der Waals surface area contributed by atoms with Gasteiger partial charge in [0.15, 0.2) is 11.5 Å². The number of rotatable bonds is 6. The molecule has 0 saturated heterocycles. The Kier molecular flexibility index (Phi) is 5.73. The van der Waals surface area contributed by atoms with E-state index in [0.717, 1.165) is 35.4 Å². The fraction of sp³-hybridized carbons (Fsp3) is 0.625. The summed E-state index contributed by atoms with van der Waals surface area (Å²) in [5.41, 5.74) is 1.26. The Hall–Kier alpha value is -0.740. The molecular formula is C16H24BrNO2. The zero-order chi connectivity index (χ0) is 14.5. The van der Waals surface area contributed by atoms with Crippen LogP contribution in [0.1, 0.15) is 45.2 Å². The van der Waals surface area contributed by atoms with Gasteiger partial charge in [0, 0.05) is 10.5 Å². The van der Waals surface area contributed by atoms with Crippen molar-refractivity contribution in [3.05, 3.63) is 22.2 Å². The average Bonchev–Trinajstić information content (AvgIpc) is 2.47. The molecule has 2 unspecified atom stereocenters. The van der Waals surface area contributed by atoms with Crippen molar-refractivity contribution in [1.82, 2.24) is 5.32 Å². The molecule has 4 heteroatoms. The van der Waals surface area contributed by atoms with Crippen molar-refractivity contribution >= 4 is 15.9 Å². The second-order valence-electron chi connectivity index (χ2n) is 5.33. The summed E-state index contributed by atoms with van der Waals surface area (Å²) in [4.78, 5) is 0. The lowest BCUT2D eigenvalue weighted by molar-refractivity contribution is 0.171. The van der Waals surface area contributed by atoms with Gasteiger partial charge in [0.1, 0.15) is 13.2 Å². The number of fused-ring (bicyclic) bond motifs is 1. The van der Waals surface area contributed by atoms with Crippen molar-refractivity contribution in [3.8, 4) is 11.5 Å². The van der Waals surface area contributed by atoms with Gasteiger partial charge < -0.3 is 14.8 Å². The lowest BCUT2D eigenvalue weighted by Crippen LogP contribution is -2.28. The highest BCUT2D eigenvalue weighted by Gasteiger charge is 2.23. The molecule has 0 radical (unpaired) electrons. The number of nitrogens with one attached hydrogen (secondary N) is 1. The van der Waals surface area contributed by atoms with Crippen LogP contribution in [0, 0.1) is 5.92 Å². The quantitative estimate of drug-likeness (QED) is 0.836. The van der Waals surface area contributed by atoms with Gasteiger partial charge in [0.25, 0.3) is 0 Å². The second kappa shape index (κ2) is 7.32. The van der Waals surface area contributed by atoms with E-state index in [1.54, 1.807) is 0 Å². The Bertz CT molecular complexity index is 450. The Labute approximate surface area is 130 Å². The summed E-state index contributed by atoms with van der Waals surface area (Å²) in [6, 6.07) is 4.50. The van der Waals surface area contributed by atoms with Gasteiger partial charge in [-0.1, -0.05) is 43.1 Å². The molecule has 112 valence electrons. The molecule has 20 heavy (non-hydrogen) atoms.